The minimum Gasteiger partial charge on any atom is -0.342 e. The number of hydrogen-bond acceptors (Lipinski definition) is 4. The van der Waals surface area contributed by atoms with Crippen molar-refractivity contribution in [1.82, 2.24) is 5.48 Å². The molecule has 0 bridgehead atoms. The Morgan fingerprint density at radius 3 is 2.57 bits per heavy atom. The van der Waals surface area contributed by atoms with Crippen molar-refractivity contribution in [3.63, 3.8) is 0 Å². The lowest BCUT2D eigenvalue weighted by molar-refractivity contribution is -0.154. The first kappa shape index (κ1) is 10.7. The molecule has 0 amide bonds. The van der Waals surface area contributed by atoms with E-state index in [2.05, 4.69) is 10.3 Å². The van der Waals surface area contributed by atoms with E-state index in [1.807, 2.05) is 0 Å². The van der Waals surface area contributed by atoms with Crippen LogP contribution in [0.4, 0.5) is 0 Å². The second-order valence-corrected chi connectivity index (χ2v) is 3.46. The van der Waals surface area contributed by atoms with E-state index in [0.29, 0.717) is 25.7 Å². The monoisotopic (exact) mass is 198 g/mol. The van der Waals surface area contributed by atoms with Crippen molar-refractivity contribution >= 4 is 17.6 Å². The lowest BCUT2D eigenvalue weighted by Crippen LogP contribution is -2.30. The molecule has 14 heavy (non-hydrogen) atoms. The summed E-state index contributed by atoms with van der Waals surface area (Å²) < 4.78 is 0. The number of carbonyl (C=O) groups excluding carboxylic acids is 2. The molecule has 1 aliphatic carbocycles. The summed E-state index contributed by atoms with van der Waals surface area (Å²) in [6.07, 6.45) is 2.06. The summed E-state index contributed by atoms with van der Waals surface area (Å²) in [6, 6.07) is 0. The van der Waals surface area contributed by atoms with Crippen LogP contribution in [0.15, 0.2) is 0 Å². The van der Waals surface area contributed by atoms with Crippen LogP contribution in [0.5, 0.6) is 0 Å². The predicted octanol–water partition coefficient (Wildman–Crippen LogP) is 0.791. The van der Waals surface area contributed by atoms with Crippen LogP contribution in [0.3, 0.4) is 0 Å². The number of ketones is 1. The Labute approximate surface area is 82.3 Å². The van der Waals surface area contributed by atoms with Crippen LogP contribution in [-0.2, 0) is 14.4 Å². The summed E-state index contributed by atoms with van der Waals surface area (Å²) in [7, 11) is 0. The van der Waals surface area contributed by atoms with Crippen molar-refractivity contribution in [2.24, 2.45) is 5.92 Å². The summed E-state index contributed by atoms with van der Waals surface area (Å²) in [5, 5.41) is 6.99. The van der Waals surface area contributed by atoms with Crippen LogP contribution in [0.25, 0.3) is 0 Å². The summed E-state index contributed by atoms with van der Waals surface area (Å²) >= 11 is 0. The maximum absolute atomic E-state index is 11.3. The zero-order chi connectivity index (χ0) is 10.6. The first-order valence-corrected chi connectivity index (χ1v) is 4.63. The Bertz CT molecular complexity index is 253. The van der Waals surface area contributed by atoms with Crippen LogP contribution in [-0.4, -0.2) is 17.6 Å². The van der Waals surface area contributed by atoms with Crippen LogP contribution >= 0.6 is 0 Å². The topological polar surface area (TPSA) is 79.2 Å². The molecular formula is C9H14N2O3. The molecule has 1 aliphatic rings. The van der Waals surface area contributed by atoms with Crippen LogP contribution < -0.4 is 5.48 Å². The zero-order valence-electron chi connectivity index (χ0n) is 8.13. The molecule has 0 aromatic carbocycles. The van der Waals surface area contributed by atoms with E-state index in [4.69, 9.17) is 5.41 Å². The third-order valence-corrected chi connectivity index (χ3v) is 2.18. The molecule has 1 fully saturated rings. The fraction of sp³-hybridized carbons (Fsp3) is 0.667. The minimum absolute atomic E-state index is 0.0882. The number of hydrogen-bond donors (Lipinski definition) is 2. The Morgan fingerprint density at radius 2 is 2.07 bits per heavy atom. The average Bonchev–Trinajstić information content (AvgIpc) is 2.15. The first-order chi connectivity index (χ1) is 6.59. The fourth-order valence-corrected chi connectivity index (χ4v) is 1.39. The van der Waals surface area contributed by atoms with Gasteiger partial charge in [0.05, 0.1) is 5.92 Å². The summed E-state index contributed by atoms with van der Waals surface area (Å²) in [5.41, 5.74) is 2.20. The number of carbonyl (C=O) groups is 2. The van der Waals surface area contributed by atoms with E-state index < -0.39 is 0 Å². The van der Waals surface area contributed by atoms with E-state index in [9.17, 15) is 9.59 Å². The molecule has 0 aromatic rings. The number of hydroxylamine groups is 1. The molecule has 0 aliphatic heterocycles. The highest BCUT2D eigenvalue weighted by atomic mass is 16.7. The van der Waals surface area contributed by atoms with Crippen LogP contribution in [0.1, 0.15) is 32.6 Å². The number of Topliss-reactive ketones (excluding diaryl/α,β-unsaturated/α-hetero) is 1. The van der Waals surface area contributed by atoms with Gasteiger partial charge in [0.2, 0.25) is 0 Å². The van der Waals surface area contributed by atoms with Gasteiger partial charge in [-0.1, -0.05) is 0 Å². The van der Waals surface area contributed by atoms with E-state index in [-0.39, 0.29) is 23.5 Å². The SMILES string of the molecule is CC(=N)NOC(=O)C1CCC(=O)CC1. The summed E-state index contributed by atoms with van der Waals surface area (Å²) in [6.45, 7) is 1.48. The zero-order valence-corrected chi connectivity index (χ0v) is 8.13. The van der Waals surface area contributed by atoms with Gasteiger partial charge in [-0.2, -0.15) is 0 Å². The van der Waals surface area contributed by atoms with Gasteiger partial charge >= 0.3 is 5.97 Å². The molecule has 0 radical (unpaired) electrons. The second kappa shape index (κ2) is 4.74. The molecular weight excluding hydrogens is 184 g/mol. The van der Waals surface area contributed by atoms with Crippen molar-refractivity contribution in [2.45, 2.75) is 32.6 Å². The highest BCUT2D eigenvalue weighted by Gasteiger charge is 2.26. The molecule has 1 saturated carbocycles. The van der Waals surface area contributed by atoms with Crippen molar-refractivity contribution in [3.05, 3.63) is 0 Å². The van der Waals surface area contributed by atoms with E-state index >= 15 is 0 Å². The molecule has 0 saturated heterocycles. The van der Waals surface area contributed by atoms with Gasteiger partial charge in [0.15, 0.2) is 0 Å². The van der Waals surface area contributed by atoms with Crippen molar-refractivity contribution in [2.75, 3.05) is 0 Å². The van der Waals surface area contributed by atoms with Crippen LogP contribution in [0, 0.1) is 11.3 Å². The molecule has 1 rings (SSSR count). The first-order valence-electron chi connectivity index (χ1n) is 4.63. The normalized spacial score (nSPS) is 17.6. The minimum atomic E-state index is -0.371. The molecule has 0 heterocycles. The average molecular weight is 198 g/mol. The second-order valence-electron chi connectivity index (χ2n) is 3.46. The van der Waals surface area contributed by atoms with Gasteiger partial charge in [0.25, 0.3) is 0 Å². The van der Waals surface area contributed by atoms with Gasteiger partial charge < -0.3 is 4.84 Å². The maximum Gasteiger partial charge on any atom is 0.335 e. The number of amidine groups is 1. The Hall–Kier alpha value is -1.39. The molecule has 78 valence electrons. The van der Waals surface area contributed by atoms with Gasteiger partial charge in [-0.05, 0) is 19.8 Å². The molecule has 0 atom stereocenters. The Morgan fingerprint density at radius 1 is 1.50 bits per heavy atom. The molecule has 5 nitrogen and oxygen atoms in total. The van der Waals surface area contributed by atoms with Crippen molar-refractivity contribution in [3.8, 4) is 0 Å². The highest BCUT2D eigenvalue weighted by Crippen LogP contribution is 2.22. The van der Waals surface area contributed by atoms with Gasteiger partial charge in [-0.15, -0.1) is 0 Å². The molecule has 5 heteroatoms. The molecule has 0 aromatic heterocycles. The van der Waals surface area contributed by atoms with E-state index in [0.717, 1.165) is 0 Å². The molecule has 0 spiro atoms. The van der Waals surface area contributed by atoms with Crippen LogP contribution in [0.2, 0.25) is 0 Å². The third kappa shape index (κ3) is 3.16. The maximum atomic E-state index is 11.3. The van der Waals surface area contributed by atoms with Gasteiger partial charge in [0, 0.05) is 12.8 Å². The Kier molecular flexibility index (Phi) is 3.62. The summed E-state index contributed by atoms with van der Waals surface area (Å²) in [5.74, 6) is -0.265. The lowest BCUT2D eigenvalue weighted by atomic mass is 9.89. The Balaban J connectivity index is 2.30. The van der Waals surface area contributed by atoms with Gasteiger partial charge in [-0.3, -0.25) is 10.2 Å². The van der Waals surface area contributed by atoms with Gasteiger partial charge in [-0.25, -0.2) is 10.3 Å². The predicted molar refractivity (Wildman–Crippen MR) is 49.6 cm³/mol. The van der Waals surface area contributed by atoms with E-state index in [1.54, 1.807) is 0 Å². The lowest BCUT2D eigenvalue weighted by Gasteiger charge is -2.18. The standard InChI is InChI=1S/C9H14N2O3/c1-6(10)11-14-9(13)7-2-4-8(12)5-3-7/h7H,2-5H2,1H3,(H2,10,11). The largest absolute Gasteiger partial charge is 0.342 e. The number of nitrogens with one attached hydrogen (secondary N) is 2. The van der Waals surface area contributed by atoms with E-state index in [1.165, 1.54) is 6.92 Å². The smallest absolute Gasteiger partial charge is 0.335 e. The van der Waals surface area contributed by atoms with Crippen molar-refractivity contribution in [1.29, 1.82) is 5.41 Å². The molecule has 0 unspecified atom stereocenters. The quantitative estimate of drug-likeness (QED) is 0.371. The van der Waals surface area contributed by atoms with Gasteiger partial charge in [0.1, 0.15) is 11.6 Å². The summed E-state index contributed by atoms with van der Waals surface area (Å²) in [4.78, 5) is 26.9. The highest BCUT2D eigenvalue weighted by molar-refractivity contribution is 5.83. The van der Waals surface area contributed by atoms with Crippen molar-refractivity contribution < 1.29 is 14.4 Å². The molecule has 2 N–H and O–H groups in total. The fourth-order valence-electron chi connectivity index (χ4n) is 1.39. The third-order valence-electron chi connectivity index (χ3n) is 2.18. The number of rotatable bonds is 1.